The van der Waals surface area contributed by atoms with E-state index in [2.05, 4.69) is 15.0 Å². The van der Waals surface area contributed by atoms with Crippen LogP contribution in [0.1, 0.15) is 20.3 Å². The van der Waals surface area contributed by atoms with Gasteiger partial charge in [0.25, 0.3) is 0 Å². The van der Waals surface area contributed by atoms with Crippen LogP contribution in [-0.4, -0.2) is 36.6 Å². The molecule has 0 aliphatic rings. The fraction of sp³-hybridized carbons (Fsp3) is 0.130. The molecular formula is C23H18CuN6O5. The first-order valence-electron chi connectivity index (χ1n) is 9.94. The van der Waals surface area contributed by atoms with Gasteiger partial charge in [-0.3, -0.25) is 19.6 Å². The molecule has 181 valence electrons. The molecule has 0 spiro atoms. The van der Waals surface area contributed by atoms with Crippen LogP contribution >= 0.6 is 0 Å². The molecule has 0 atom stereocenters. The second-order valence-corrected chi connectivity index (χ2v) is 7.08. The zero-order valence-corrected chi connectivity index (χ0v) is 19.4. The Hall–Kier alpha value is -4.28. The molecule has 4 heterocycles. The van der Waals surface area contributed by atoms with Gasteiger partial charge in [-0.15, -0.1) is 5.52 Å². The number of pyridine rings is 3. The van der Waals surface area contributed by atoms with Crippen molar-refractivity contribution in [2.75, 3.05) is 0 Å². The number of nitrogens with zero attached hydrogens (tertiary/aromatic N) is 6. The molecule has 0 saturated carbocycles. The third-order valence-electron chi connectivity index (χ3n) is 4.45. The van der Waals surface area contributed by atoms with Gasteiger partial charge in [0.1, 0.15) is 17.1 Å². The Morgan fingerprint density at radius 2 is 1.46 bits per heavy atom. The molecule has 0 unspecified atom stereocenters. The van der Waals surface area contributed by atoms with Gasteiger partial charge < -0.3 is 20.3 Å². The van der Waals surface area contributed by atoms with Crippen molar-refractivity contribution in [3.63, 3.8) is 0 Å². The van der Waals surface area contributed by atoms with Gasteiger partial charge in [0.2, 0.25) is 0 Å². The Labute approximate surface area is 209 Å². The largest absolute Gasteiger partial charge is 2.00 e. The van der Waals surface area contributed by atoms with E-state index in [-0.39, 0.29) is 35.1 Å². The zero-order chi connectivity index (χ0) is 24.7. The number of hydrogen-bond acceptors (Lipinski definition) is 9. The molecule has 0 fully saturated rings. The number of imidazole rings is 1. The molecule has 0 bridgehead atoms. The SMILES string of the molecule is CC(=O)CC(C)=O.O=[N+]([O-])[O-].[Cu+2].c1cnc2c(c1)c1nc(-c3ccncc3)nc1c1ccc[n-]c12. The summed E-state index contributed by atoms with van der Waals surface area (Å²) in [5.41, 5.74) is 4.39. The van der Waals surface area contributed by atoms with E-state index in [0.29, 0.717) is 5.82 Å². The number of carbonyl (C=O) groups excluding carboxylic acids is 2. The van der Waals surface area contributed by atoms with Gasteiger partial charge in [-0.2, -0.15) is 6.20 Å². The second-order valence-electron chi connectivity index (χ2n) is 7.08. The van der Waals surface area contributed by atoms with Crippen molar-refractivity contribution in [3.05, 3.63) is 76.5 Å². The molecule has 0 aliphatic heterocycles. The van der Waals surface area contributed by atoms with E-state index in [1.54, 1.807) is 24.8 Å². The van der Waals surface area contributed by atoms with Gasteiger partial charge in [0.15, 0.2) is 5.82 Å². The minimum Gasteiger partial charge on any atom is -0.662 e. The zero-order valence-electron chi connectivity index (χ0n) is 18.5. The summed E-state index contributed by atoms with van der Waals surface area (Å²) < 4.78 is 0. The maximum Gasteiger partial charge on any atom is 2.00 e. The van der Waals surface area contributed by atoms with Crippen molar-refractivity contribution in [3.8, 4) is 11.4 Å². The quantitative estimate of drug-likeness (QED) is 0.112. The first-order chi connectivity index (χ1) is 16.3. The van der Waals surface area contributed by atoms with Crippen LogP contribution in [0.25, 0.3) is 44.2 Å². The molecule has 0 saturated heterocycles. The Kier molecular flexibility index (Phi) is 9.44. The number of fused-ring (bicyclic) bond motifs is 6. The molecule has 0 amide bonds. The van der Waals surface area contributed by atoms with Crippen LogP contribution in [0.3, 0.4) is 0 Å². The van der Waals surface area contributed by atoms with E-state index >= 15 is 0 Å². The summed E-state index contributed by atoms with van der Waals surface area (Å²) in [5.74, 6) is 0.573. The molecule has 12 heteroatoms. The molecule has 4 aromatic heterocycles. The maximum atomic E-state index is 10.0. The Morgan fingerprint density at radius 1 is 0.886 bits per heavy atom. The van der Waals surface area contributed by atoms with Crippen molar-refractivity contribution in [2.24, 2.45) is 0 Å². The van der Waals surface area contributed by atoms with Gasteiger partial charge in [-0.25, -0.2) is 9.97 Å². The summed E-state index contributed by atoms with van der Waals surface area (Å²) in [6.07, 6.45) is 7.14. The van der Waals surface area contributed by atoms with Crippen molar-refractivity contribution >= 4 is 44.4 Å². The van der Waals surface area contributed by atoms with Crippen molar-refractivity contribution in [1.29, 1.82) is 0 Å². The van der Waals surface area contributed by atoms with Crippen LogP contribution in [0.4, 0.5) is 0 Å². The van der Waals surface area contributed by atoms with Gasteiger partial charge >= 0.3 is 17.1 Å². The van der Waals surface area contributed by atoms with Gasteiger partial charge in [-0.1, -0.05) is 12.1 Å². The third-order valence-corrected chi connectivity index (χ3v) is 4.45. The van der Waals surface area contributed by atoms with E-state index < -0.39 is 5.09 Å². The van der Waals surface area contributed by atoms with Crippen LogP contribution in [0.2, 0.25) is 0 Å². The monoisotopic (exact) mass is 521 g/mol. The van der Waals surface area contributed by atoms with E-state index in [4.69, 9.17) is 25.3 Å². The normalized spacial score (nSPS) is 9.89. The van der Waals surface area contributed by atoms with Gasteiger partial charge in [-0.05, 0) is 43.5 Å². The predicted molar refractivity (Wildman–Crippen MR) is 125 cm³/mol. The van der Waals surface area contributed by atoms with Crippen molar-refractivity contribution < 1.29 is 31.7 Å². The predicted octanol–water partition coefficient (Wildman–Crippen LogP) is 3.66. The van der Waals surface area contributed by atoms with Gasteiger partial charge in [0.05, 0.1) is 22.5 Å². The average molecular weight is 522 g/mol. The Morgan fingerprint density at radius 3 is 2.03 bits per heavy atom. The van der Waals surface area contributed by atoms with E-state index in [9.17, 15) is 9.59 Å². The first-order valence-corrected chi connectivity index (χ1v) is 9.94. The van der Waals surface area contributed by atoms with E-state index in [1.807, 2.05) is 36.4 Å². The number of ketones is 2. The smallest absolute Gasteiger partial charge is 0.662 e. The standard InChI is InChI=1S/C18H10N5.C5H8O2.Cu.NO3/c1-3-12-14(20-7-1)15-13(4-2-8-21-15)17-16(12)22-18(23-17)11-5-9-19-10-6-11;1-4(6)3-5(2)7;;2-1(3)4/h1-10H;3H2,1-2H3;;/q-1;;+2;-1. The summed E-state index contributed by atoms with van der Waals surface area (Å²) in [6.45, 7) is 2.81. The summed E-state index contributed by atoms with van der Waals surface area (Å²) in [5, 5.41) is 16.7. The summed E-state index contributed by atoms with van der Waals surface area (Å²) in [6, 6.07) is 11.7. The number of Topliss-reactive ketones (excluding diaryl/α,β-unsaturated/α-hetero) is 2. The van der Waals surface area contributed by atoms with Crippen LogP contribution in [0, 0.1) is 15.3 Å². The van der Waals surface area contributed by atoms with Crippen molar-refractivity contribution in [1.82, 2.24) is 24.9 Å². The fourth-order valence-corrected chi connectivity index (χ4v) is 3.27. The molecule has 11 nitrogen and oxygen atoms in total. The molecule has 35 heavy (non-hydrogen) atoms. The summed E-state index contributed by atoms with van der Waals surface area (Å²) in [7, 11) is 0. The fourth-order valence-electron chi connectivity index (χ4n) is 3.27. The van der Waals surface area contributed by atoms with E-state index in [0.717, 1.165) is 38.4 Å². The average Bonchev–Trinajstić information content (AvgIpc) is 3.25. The minimum atomic E-state index is -1.75. The number of aromatic nitrogens is 5. The third kappa shape index (κ3) is 6.85. The summed E-state index contributed by atoms with van der Waals surface area (Å²) in [4.78, 5) is 50.9. The number of hydrogen-bond donors (Lipinski definition) is 0. The minimum absolute atomic E-state index is 0. The molecular weight excluding hydrogens is 504 g/mol. The Balaban J connectivity index is 0.000000307. The molecule has 1 radical (unpaired) electrons. The number of rotatable bonds is 3. The topological polar surface area (TPSA) is 166 Å². The van der Waals surface area contributed by atoms with Crippen LogP contribution in [-0.2, 0) is 26.7 Å². The molecule has 0 N–H and O–H groups in total. The van der Waals surface area contributed by atoms with Crippen LogP contribution in [0.15, 0.2) is 61.2 Å². The molecule has 1 aromatic carbocycles. The number of benzene rings is 1. The summed E-state index contributed by atoms with van der Waals surface area (Å²) >= 11 is 0. The van der Waals surface area contributed by atoms with Crippen molar-refractivity contribution in [2.45, 2.75) is 20.3 Å². The second kappa shape index (κ2) is 12.3. The number of carbonyl (C=O) groups is 2. The molecule has 5 aromatic rings. The first kappa shape index (κ1) is 27.0. The Bertz CT molecular complexity index is 1400. The van der Waals surface area contributed by atoms with Gasteiger partial charge in [0, 0.05) is 29.5 Å². The van der Waals surface area contributed by atoms with Crippen LogP contribution < -0.4 is 4.98 Å². The van der Waals surface area contributed by atoms with Crippen LogP contribution in [0.5, 0.6) is 0 Å². The molecule has 0 aliphatic carbocycles. The maximum absolute atomic E-state index is 10.0. The molecule has 5 rings (SSSR count). The van der Waals surface area contributed by atoms with E-state index in [1.165, 1.54) is 13.8 Å².